The zero-order valence-electron chi connectivity index (χ0n) is 14.5. The summed E-state index contributed by atoms with van der Waals surface area (Å²) in [5, 5.41) is 5.68. The van der Waals surface area contributed by atoms with E-state index in [0.717, 1.165) is 5.76 Å². The highest BCUT2D eigenvalue weighted by molar-refractivity contribution is 5.81. The Morgan fingerprint density at radius 3 is 2.12 bits per heavy atom. The molecule has 0 spiro atoms. The van der Waals surface area contributed by atoms with E-state index < -0.39 is 0 Å². The fourth-order valence-electron chi connectivity index (χ4n) is 3.32. The molecule has 2 amide bonds. The van der Waals surface area contributed by atoms with Crippen LogP contribution in [0.5, 0.6) is 0 Å². The Hall–Kier alpha value is -2.63. The van der Waals surface area contributed by atoms with E-state index >= 15 is 0 Å². The first-order valence-electron chi connectivity index (χ1n) is 8.94. The van der Waals surface area contributed by atoms with Gasteiger partial charge in [-0.25, -0.2) is 4.39 Å². The molecule has 1 heterocycles. The molecule has 1 aliphatic carbocycles. The van der Waals surface area contributed by atoms with E-state index in [4.69, 9.17) is 4.42 Å². The van der Waals surface area contributed by atoms with Gasteiger partial charge in [0.15, 0.2) is 0 Å². The number of halogens is 1. The van der Waals surface area contributed by atoms with E-state index in [2.05, 4.69) is 10.6 Å². The molecule has 1 saturated carbocycles. The highest BCUT2D eigenvalue weighted by Crippen LogP contribution is 2.29. The standard InChI is InChI=1S/C20H23FN2O3/c21-18-6-2-1-4-16(18)12-22-19(24)14-7-9-15(10-8-14)20(25)23-13-17-5-3-11-26-17/h1-6,11,14-15H,7-10,12-13H2,(H,22,24)(H,23,25). The van der Waals surface area contributed by atoms with Gasteiger partial charge in [-0.3, -0.25) is 9.59 Å². The summed E-state index contributed by atoms with van der Waals surface area (Å²) in [5.74, 6) is 0.162. The molecule has 26 heavy (non-hydrogen) atoms. The van der Waals surface area contributed by atoms with Crippen LogP contribution in [0, 0.1) is 17.7 Å². The summed E-state index contributed by atoms with van der Waals surface area (Å²) in [6, 6.07) is 10.0. The molecule has 0 radical (unpaired) electrons. The van der Waals surface area contributed by atoms with E-state index in [9.17, 15) is 14.0 Å². The number of nitrogens with one attached hydrogen (secondary N) is 2. The highest BCUT2D eigenvalue weighted by Gasteiger charge is 2.29. The maximum Gasteiger partial charge on any atom is 0.223 e. The molecule has 0 atom stereocenters. The van der Waals surface area contributed by atoms with E-state index in [0.29, 0.717) is 37.8 Å². The molecule has 0 saturated heterocycles. The Morgan fingerprint density at radius 1 is 0.923 bits per heavy atom. The van der Waals surface area contributed by atoms with Crippen molar-refractivity contribution in [2.45, 2.75) is 38.8 Å². The molecule has 2 N–H and O–H groups in total. The highest BCUT2D eigenvalue weighted by atomic mass is 19.1. The predicted molar refractivity (Wildman–Crippen MR) is 94.2 cm³/mol. The number of rotatable bonds is 6. The molecular weight excluding hydrogens is 335 g/mol. The van der Waals surface area contributed by atoms with Crippen molar-refractivity contribution in [2.75, 3.05) is 0 Å². The minimum atomic E-state index is -0.315. The number of hydrogen-bond acceptors (Lipinski definition) is 3. The van der Waals surface area contributed by atoms with Crippen LogP contribution in [-0.2, 0) is 22.7 Å². The summed E-state index contributed by atoms with van der Waals surface area (Å²) < 4.78 is 18.8. The van der Waals surface area contributed by atoms with Gasteiger partial charge in [0.2, 0.25) is 11.8 Å². The van der Waals surface area contributed by atoms with Crippen molar-refractivity contribution in [1.82, 2.24) is 10.6 Å². The monoisotopic (exact) mass is 358 g/mol. The van der Waals surface area contributed by atoms with Gasteiger partial charge in [0.1, 0.15) is 11.6 Å². The van der Waals surface area contributed by atoms with Gasteiger partial charge in [0, 0.05) is 23.9 Å². The van der Waals surface area contributed by atoms with E-state index in [1.165, 1.54) is 6.07 Å². The van der Waals surface area contributed by atoms with Crippen molar-refractivity contribution in [2.24, 2.45) is 11.8 Å². The van der Waals surface area contributed by atoms with Crippen LogP contribution in [0.25, 0.3) is 0 Å². The molecule has 0 unspecified atom stereocenters. The van der Waals surface area contributed by atoms with E-state index in [-0.39, 0.29) is 36.0 Å². The Balaban J connectivity index is 1.40. The van der Waals surface area contributed by atoms with Crippen LogP contribution < -0.4 is 10.6 Å². The Kier molecular flexibility index (Phi) is 6.04. The molecule has 0 aliphatic heterocycles. The van der Waals surface area contributed by atoms with Gasteiger partial charge >= 0.3 is 0 Å². The third-order valence-corrected chi connectivity index (χ3v) is 4.90. The summed E-state index contributed by atoms with van der Waals surface area (Å²) >= 11 is 0. The zero-order chi connectivity index (χ0) is 18.4. The van der Waals surface area contributed by atoms with Gasteiger partial charge in [-0.1, -0.05) is 18.2 Å². The first-order chi connectivity index (χ1) is 12.6. The zero-order valence-corrected chi connectivity index (χ0v) is 14.5. The predicted octanol–water partition coefficient (Wildman–Crippen LogP) is 3.16. The number of furan rings is 1. The van der Waals surface area contributed by atoms with Crippen LogP contribution in [0.1, 0.15) is 37.0 Å². The van der Waals surface area contributed by atoms with Crippen LogP contribution in [-0.4, -0.2) is 11.8 Å². The summed E-state index contributed by atoms with van der Waals surface area (Å²) in [4.78, 5) is 24.5. The molecule has 6 heteroatoms. The second-order valence-corrected chi connectivity index (χ2v) is 6.65. The second kappa shape index (κ2) is 8.65. The van der Waals surface area contributed by atoms with Gasteiger partial charge in [-0.05, 0) is 43.9 Å². The maximum atomic E-state index is 13.6. The van der Waals surface area contributed by atoms with Crippen molar-refractivity contribution >= 4 is 11.8 Å². The number of carbonyl (C=O) groups is 2. The normalized spacial score (nSPS) is 19.7. The van der Waals surface area contributed by atoms with Crippen LogP contribution in [0.3, 0.4) is 0 Å². The van der Waals surface area contributed by atoms with E-state index in [1.807, 2.05) is 6.07 Å². The average Bonchev–Trinajstić information content (AvgIpc) is 3.19. The quantitative estimate of drug-likeness (QED) is 0.833. The largest absolute Gasteiger partial charge is 0.467 e. The van der Waals surface area contributed by atoms with Crippen molar-refractivity contribution < 1.29 is 18.4 Å². The van der Waals surface area contributed by atoms with Gasteiger partial charge in [0.05, 0.1) is 12.8 Å². The molecule has 2 aromatic rings. The summed E-state index contributed by atoms with van der Waals surface area (Å²) in [6.45, 7) is 0.573. The number of benzene rings is 1. The molecular formula is C20H23FN2O3. The lowest BCUT2D eigenvalue weighted by atomic mass is 9.81. The van der Waals surface area contributed by atoms with Crippen LogP contribution in [0.2, 0.25) is 0 Å². The third-order valence-electron chi connectivity index (χ3n) is 4.90. The van der Waals surface area contributed by atoms with Crippen molar-refractivity contribution in [3.05, 3.63) is 59.8 Å². The first-order valence-corrected chi connectivity index (χ1v) is 8.94. The summed E-state index contributed by atoms with van der Waals surface area (Å²) in [7, 11) is 0. The SMILES string of the molecule is O=C(NCc1ccco1)C1CCC(C(=O)NCc2ccccc2F)CC1. The lowest BCUT2D eigenvalue weighted by Gasteiger charge is -2.27. The smallest absolute Gasteiger partial charge is 0.223 e. The Morgan fingerprint density at radius 2 is 1.54 bits per heavy atom. The van der Waals surface area contributed by atoms with Crippen molar-refractivity contribution in [3.63, 3.8) is 0 Å². The van der Waals surface area contributed by atoms with Crippen molar-refractivity contribution in [3.8, 4) is 0 Å². The number of hydrogen-bond donors (Lipinski definition) is 2. The Labute approximate surface area is 152 Å². The third kappa shape index (κ3) is 4.71. The molecule has 1 aromatic heterocycles. The minimum absolute atomic E-state index is 0.00612. The molecule has 1 aromatic carbocycles. The maximum absolute atomic E-state index is 13.6. The van der Waals surface area contributed by atoms with Gasteiger partial charge in [-0.15, -0.1) is 0 Å². The van der Waals surface area contributed by atoms with Gasteiger partial charge in [0.25, 0.3) is 0 Å². The van der Waals surface area contributed by atoms with Crippen molar-refractivity contribution in [1.29, 1.82) is 0 Å². The van der Waals surface area contributed by atoms with Crippen LogP contribution >= 0.6 is 0 Å². The molecule has 138 valence electrons. The fourth-order valence-corrected chi connectivity index (χ4v) is 3.32. The fraction of sp³-hybridized carbons (Fsp3) is 0.400. The summed E-state index contributed by atoms with van der Waals surface area (Å²) in [5.41, 5.74) is 0.479. The first kappa shape index (κ1) is 18.2. The molecule has 1 fully saturated rings. The number of carbonyl (C=O) groups excluding carboxylic acids is 2. The van der Waals surface area contributed by atoms with Crippen LogP contribution in [0.15, 0.2) is 47.1 Å². The lowest BCUT2D eigenvalue weighted by Crippen LogP contribution is -2.37. The minimum Gasteiger partial charge on any atom is -0.467 e. The van der Waals surface area contributed by atoms with Crippen LogP contribution in [0.4, 0.5) is 4.39 Å². The molecule has 3 rings (SSSR count). The number of amides is 2. The van der Waals surface area contributed by atoms with Gasteiger partial charge < -0.3 is 15.1 Å². The molecule has 5 nitrogen and oxygen atoms in total. The average molecular weight is 358 g/mol. The van der Waals surface area contributed by atoms with Gasteiger partial charge in [-0.2, -0.15) is 0 Å². The lowest BCUT2D eigenvalue weighted by molar-refractivity contribution is -0.130. The molecule has 0 bridgehead atoms. The Bertz CT molecular complexity index is 737. The van der Waals surface area contributed by atoms with E-state index in [1.54, 1.807) is 30.5 Å². The summed E-state index contributed by atoms with van der Waals surface area (Å²) in [6.07, 6.45) is 4.28. The topological polar surface area (TPSA) is 71.3 Å². The molecule has 1 aliphatic rings. The second-order valence-electron chi connectivity index (χ2n) is 6.65.